The Morgan fingerprint density at radius 2 is 2.25 bits per heavy atom. The van der Waals surface area contributed by atoms with Crippen LogP contribution in [0, 0.1) is 6.92 Å². The van der Waals surface area contributed by atoms with Crippen LogP contribution in [0.25, 0.3) is 11.2 Å². The number of methoxy groups -OCH3 is 1. The summed E-state index contributed by atoms with van der Waals surface area (Å²) in [6.07, 6.45) is 2.64. The first-order chi connectivity index (χ1) is 7.60. The molecule has 0 radical (unpaired) electrons. The van der Waals surface area contributed by atoms with Crippen LogP contribution in [0.2, 0.25) is 0 Å². The van der Waals surface area contributed by atoms with Crippen LogP contribution in [0.3, 0.4) is 0 Å². The van der Waals surface area contributed by atoms with Crippen LogP contribution >= 0.6 is 0 Å². The molecular weight excluding hydrogens is 202 g/mol. The Morgan fingerprint density at radius 3 is 2.81 bits per heavy atom. The summed E-state index contributed by atoms with van der Waals surface area (Å²) in [6, 6.07) is 1.97. The zero-order chi connectivity index (χ0) is 11.8. The highest BCUT2D eigenvalue weighted by Gasteiger charge is 2.28. The number of nitrogens with zero attached hydrogens (tertiary/aromatic N) is 2. The molecule has 16 heavy (non-hydrogen) atoms. The van der Waals surface area contributed by atoms with Crippen molar-refractivity contribution in [3.8, 4) is 0 Å². The van der Waals surface area contributed by atoms with Crippen LogP contribution < -0.4 is 0 Å². The number of fused-ring (bicyclic) bond motifs is 1. The molecule has 0 fully saturated rings. The molecule has 2 aromatic rings. The number of aryl methyl sites for hydroxylation is 1. The van der Waals surface area contributed by atoms with Gasteiger partial charge in [-0.15, -0.1) is 0 Å². The minimum absolute atomic E-state index is 0.368. The van der Waals surface area contributed by atoms with Gasteiger partial charge in [-0.3, -0.25) is 0 Å². The number of hydrogen-bond donors (Lipinski definition) is 1. The minimum atomic E-state index is -0.368. The van der Waals surface area contributed by atoms with Gasteiger partial charge in [0.15, 0.2) is 5.65 Å². The molecule has 0 aliphatic carbocycles. The van der Waals surface area contributed by atoms with Gasteiger partial charge in [-0.1, -0.05) is 6.92 Å². The van der Waals surface area contributed by atoms with Crippen LogP contribution in [0.1, 0.15) is 31.7 Å². The van der Waals surface area contributed by atoms with E-state index < -0.39 is 0 Å². The van der Waals surface area contributed by atoms with Crippen molar-refractivity contribution in [2.45, 2.75) is 32.8 Å². The number of aromatic amines is 1. The number of hydrogen-bond acceptors (Lipinski definition) is 3. The summed E-state index contributed by atoms with van der Waals surface area (Å²) in [5.74, 6) is 0.842. The highest BCUT2D eigenvalue weighted by atomic mass is 16.5. The largest absolute Gasteiger partial charge is 0.371 e. The van der Waals surface area contributed by atoms with Crippen molar-refractivity contribution in [2.24, 2.45) is 0 Å². The lowest BCUT2D eigenvalue weighted by Gasteiger charge is -2.23. The second-order valence-electron chi connectivity index (χ2n) is 4.20. The molecule has 0 aliphatic rings. The monoisotopic (exact) mass is 219 g/mol. The lowest BCUT2D eigenvalue weighted by Crippen LogP contribution is -2.24. The van der Waals surface area contributed by atoms with Crippen LogP contribution in [0.4, 0.5) is 0 Å². The van der Waals surface area contributed by atoms with E-state index in [1.165, 1.54) is 0 Å². The van der Waals surface area contributed by atoms with Crippen molar-refractivity contribution < 1.29 is 4.74 Å². The topological polar surface area (TPSA) is 50.8 Å². The molecule has 4 nitrogen and oxygen atoms in total. The maximum Gasteiger partial charge on any atom is 0.178 e. The van der Waals surface area contributed by atoms with Crippen molar-refractivity contribution in [3.63, 3.8) is 0 Å². The van der Waals surface area contributed by atoms with Crippen LogP contribution in [0.5, 0.6) is 0 Å². The Bertz CT molecular complexity index is 500. The van der Waals surface area contributed by atoms with E-state index in [0.29, 0.717) is 0 Å². The molecule has 0 saturated carbocycles. The molecule has 0 aromatic carbocycles. The van der Waals surface area contributed by atoms with Gasteiger partial charge in [0.25, 0.3) is 0 Å². The summed E-state index contributed by atoms with van der Waals surface area (Å²) in [6.45, 7) is 6.15. The van der Waals surface area contributed by atoms with Crippen LogP contribution in [-0.2, 0) is 10.3 Å². The summed E-state index contributed by atoms with van der Waals surface area (Å²) in [5.41, 5.74) is 2.53. The van der Waals surface area contributed by atoms with Gasteiger partial charge >= 0.3 is 0 Å². The number of ether oxygens (including phenoxy) is 1. The van der Waals surface area contributed by atoms with Crippen molar-refractivity contribution in [1.82, 2.24) is 15.0 Å². The lowest BCUT2D eigenvalue weighted by molar-refractivity contribution is -0.00805. The molecule has 0 amide bonds. The zero-order valence-electron chi connectivity index (χ0n) is 10.2. The number of nitrogens with one attached hydrogen (secondary N) is 1. The van der Waals surface area contributed by atoms with E-state index in [1.807, 2.05) is 19.9 Å². The van der Waals surface area contributed by atoms with E-state index in [2.05, 4.69) is 21.9 Å². The Kier molecular flexibility index (Phi) is 2.68. The maximum absolute atomic E-state index is 5.52. The average Bonchev–Trinajstić information content (AvgIpc) is 2.74. The van der Waals surface area contributed by atoms with Gasteiger partial charge < -0.3 is 9.72 Å². The maximum atomic E-state index is 5.52. The number of rotatable bonds is 3. The third kappa shape index (κ3) is 1.59. The van der Waals surface area contributed by atoms with Gasteiger partial charge in [0.2, 0.25) is 0 Å². The summed E-state index contributed by atoms with van der Waals surface area (Å²) < 4.78 is 5.52. The molecule has 2 aromatic heterocycles. The van der Waals surface area contributed by atoms with Crippen molar-refractivity contribution in [2.75, 3.05) is 7.11 Å². The standard InChI is InChI=1S/C12H17N3O/c1-5-12(3,16-4)11-14-9-8(2)6-7-13-10(9)15-11/h6-7H,5H2,1-4H3,(H,13,14,15). The summed E-state index contributed by atoms with van der Waals surface area (Å²) in [7, 11) is 1.71. The summed E-state index contributed by atoms with van der Waals surface area (Å²) in [4.78, 5) is 12.1. The van der Waals surface area contributed by atoms with E-state index in [1.54, 1.807) is 13.3 Å². The summed E-state index contributed by atoms with van der Waals surface area (Å²) >= 11 is 0. The Labute approximate surface area is 95.1 Å². The average molecular weight is 219 g/mol. The predicted molar refractivity (Wildman–Crippen MR) is 63.3 cm³/mol. The fraction of sp³-hybridized carbons (Fsp3) is 0.500. The first-order valence-electron chi connectivity index (χ1n) is 5.47. The Hall–Kier alpha value is -1.42. The molecule has 1 N–H and O–H groups in total. The molecule has 0 bridgehead atoms. The van der Waals surface area contributed by atoms with E-state index in [9.17, 15) is 0 Å². The van der Waals surface area contributed by atoms with Gasteiger partial charge in [0.1, 0.15) is 11.4 Å². The SMILES string of the molecule is CCC(C)(OC)c1nc2nccc(C)c2[nH]1. The molecule has 0 saturated heterocycles. The van der Waals surface area contributed by atoms with Gasteiger partial charge in [0, 0.05) is 13.3 Å². The molecule has 1 atom stereocenters. The molecule has 0 spiro atoms. The molecule has 0 aliphatic heterocycles. The third-order valence-electron chi connectivity index (χ3n) is 3.23. The fourth-order valence-electron chi connectivity index (χ4n) is 1.69. The molecule has 86 valence electrons. The van der Waals surface area contributed by atoms with Gasteiger partial charge in [0.05, 0.1) is 5.52 Å². The van der Waals surface area contributed by atoms with E-state index >= 15 is 0 Å². The Morgan fingerprint density at radius 1 is 1.50 bits per heavy atom. The number of H-pyrrole nitrogens is 1. The van der Waals surface area contributed by atoms with Gasteiger partial charge in [-0.2, -0.15) is 0 Å². The predicted octanol–water partition coefficient (Wildman–Crippen LogP) is 2.54. The first kappa shape index (κ1) is 11.1. The van der Waals surface area contributed by atoms with Crippen molar-refractivity contribution >= 4 is 11.2 Å². The lowest BCUT2D eigenvalue weighted by atomic mass is 10.0. The molecular formula is C12H17N3O. The second kappa shape index (κ2) is 3.87. The number of pyridine rings is 1. The smallest absolute Gasteiger partial charge is 0.178 e. The minimum Gasteiger partial charge on any atom is -0.371 e. The second-order valence-corrected chi connectivity index (χ2v) is 4.20. The van der Waals surface area contributed by atoms with E-state index in [-0.39, 0.29) is 5.60 Å². The molecule has 2 heterocycles. The van der Waals surface area contributed by atoms with Crippen LogP contribution in [-0.4, -0.2) is 22.1 Å². The first-order valence-corrected chi connectivity index (χ1v) is 5.47. The zero-order valence-corrected chi connectivity index (χ0v) is 10.2. The quantitative estimate of drug-likeness (QED) is 0.863. The normalized spacial score (nSPS) is 15.2. The Balaban J connectivity index is 2.59. The molecule has 1 unspecified atom stereocenters. The van der Waals surface area contributed by atoms with E-state index in [4.69, 9.17) is 4.74 Å². The third-order valence-corrected chi connectivity index (χ3v) is 3.23. The summed E-state index contributed by atoms with van der Waals surface area (Å²) in [5, 5.41) is 0. The highest BCUT2D eigenvalue weighted by Crippen LogP contribution is 2.27. The number of aromatic nitrogens is 3. The fourth-order valence-corrected chi connectivity index (χ4v) is 1.69. The van der Waals surface area contributed by atoms with Crippen LogP contribution in [0.15, 0.2) is 12.3 Å². The highest BCUT2D eigenvalue weighted by molar-refractivity contribution is 5.74. The molecule has 4 heteroatoms. The number of imidazole rings is 1. The van der Waals surface area contributed by atoms with Crippen molar-refractivity contribution in [1.29, 1.82) is 0 Å². The van der Waals surface area contributed by atoms with Gasteiger partial charge in [-0.05, 0) is 31.9 Å². The molecule has 2 rings (SSSR count). The van der Waals surface area contributed by atoms with Gasteiger partial charge in [-0.25, -0.2) is 9.97 Å². The van der Waals surface area contributed by atoms with Crippen molar-refractivity contribution in [3.05, 3.63) is 23.7 Å². The van der Waals surface area contributed by atoms with E-state index in [0.717, 1.165) is 29.0 Å².